The van der Waals surface area contributed by atoms with Crippen LogP contribution in [0.3, 0.4) is 0 Å². The van der Waals surface area contributed by atoms with Crippen LogP contribution in [0.1, 0.15) is 25.3 Å². The smallest absolute Gasteiger partial charge is 0.328 e. The summed E-state index contributed by atoms with van der Waals surface area (Å²) >= 11 is 0. The topological polar surface area (TPSA) is 209 Å². The lowest BCUT2D eigenvalue weighted by Gasteiger charge is -2.19. The van der Waals surface area contributed by atoms with Crippen LogP contribution in [0.5, 0.6) is 0 Å². The van der Waals surface area contributed by atoms with Crippen LogP contribution < -0.4 is 16.4 Å². The highest BCUT2D eigenvalue weighted by molar-refractivity contribution is 5.84. The van der Waals surface area contributed by atoms with Gasteiger partial charge in [0.05, 0.1) is 23.6 Å². The van der Waals surface area contributed by atoms with Crippen LogP contribution >= 0.6 is 0 Å². The molecule has 0 aliphatic rings. The number of aromatic nitrogens is 4. The lowest BCUT2D eigenvalue weighted by atomic mass is 10.2. The molecule has 0 saturated carbocycles. The number of hydrogen-bond donors (Lipinski definition) is 6. The van der Waals surface area contributed by atoms with Gasteiger partial charge in [-0.05, 0) is 19.1 Å². The Balaban J connectivity index is 1.79. The Hall–Kier alpha value is -4.00. The van der Waals surface area contributed by atoms with Crippen molar-refractivity contribution >= 4 is 28.9 Å². The molecule has 0 radical (unpaired) electrons. The number of benzene rings is 1. The molecule has 2 unspecified atom stereocenters. The van der Waals surface area contributed by atoms with E-state index >= 15 is 0 Å². The first-order valence-corrected chi connectivity index (χ1v) is 8.79. The van der Waals surface area contributed by atoms with Crippen LogP contribution in [0.2, 0.25) is 0 Å². The maximum absolute atomic E-state index is 12.2. The molecule has 13 heteroatoms. The van der Waals surface area contributed by atoms with Gasteiger partial charge in [-0.25, -0.2) is 14.6 Å². The van der Waals surface area contributed by atoms with Crippen molar-refractivity contribution in [1.82, 2.24) is 30.7 Å². The SMILES string of the molecule is CC(O)C(NC(=O)N[C@@H](CC(N)=O)c1nc(-c2nc3ccccc3[nH]2)no1)C(=O)O. The molecule has 158 valence electrons. The fourth-order valence-electron chi connectivity index (χ4n) is 2.66. The number of hydrogen-bond acceptors (Lipinski definition) is 8. The third-order valence-electron chi connectivity index (χ3n) is 4.09. The molecule has 0 bridgehead atoms. The van der Waals surface area contributed by atoms with E-state index in [0.717, 1.165) is 5.52 Å². The summed E-state index contributed by atoms with van der Waals surface area (Å²) in [6, 6.07) is 3.59. The summed E-state index contributed by atoms with van der Waals surface area (Å²) in [5.41, 5.74) is 6.66. The average Bonchev–Trinajstić information content (AvgIpc) is 3.31. The number of amides is 3. The number of rotatable bonds is 8. The molecule has 0 fully saturated rings. The number of H-pyrrole nitrogens is 1. The van der Waals surface area contributed by atoms with E-state index in [1.54, 1.807) is 6.07 Å². The van der Waals surface area contributed by atoms with Gasteiger partial charge >= 0.3 is 12.0 Å². The van der Waals surface area contributed by atoms with E-state index in [9.17, 15) is 19.5 Å². The number of aromatic amines is 1. The lowest BCUT2D eigenvalue weighted by Crippen LogP contribution is -2.52. The summed E-state index contributed by atoms with van der Waals surface area (Å²) in [6.45, 7) is 1.21. The minimum Gasteiger partial charge on any atom is -0.480 e. The van der Waals surface area contributed by atoms with E-state index < -0.39 is 36.1 Å². The zero-order chi connectivity index (χ0) is 21.8. The lowest BCUT2D eigenvalue weighted by molar-refractivity contribution is -0.141. The Labute approximate surface area is 168 Å². The van der Waals surface area contributed by atoms with Gasteiger partial charge < -0.3 is 36.1 Å². The van der Waals surface area contributed by atoms with Crippen molar-refractivity contribution in [2.75, 3.05) is 0 Å². The Kier molecular flexibility index (Phi) is 5.92. The van der Waals surface area contributed by atoms with Crippen molar-refractivity contribution in [2.45, 2.75) is 31.5 Å². The second kappa shape index (κ2) is 8.57. The Morgan fingerprint density at radius 3 is 2.60 bits per heavy atom. The molecule has 0 aliphatic carbocycles. The summed E-state index contributed by atoms with van der Waals surface area (Å²) in [5.74, 6) is -1.94. The normalized spacial score (nSPS) is 14.1. The molecule has 2 heterocycles. The Bertz CT molecular complexity index is 1040. The molecule has 7 N–H and O–H groups in total. The molecular weight excluding hydrogens is 398 g/mol. The maximum Gasteiger partial charge on any atom is 0.328 e. The fourth-order valence-corrected chi connectivity index (χ4v) is 2.66. The number of urea groups is 1. The van der Waals surface area contributed by atoms with Gasteiger partial charge in [-0.15, -0.1) is 0 Å². The summed E-state index contributed by atoms with van der Waals surface area (Å²) < 4.78 is 5.14. The number of nitrogens with one attached hydrogen (secondary N) is 3. The van der Waals surface area contributed by atoms with Gasteiger partial charge in [0.25, 0.3) is 0 Å². The number of para-hydroxylation sites is 2. The van der Waals surface area contributed by atoms with Crippen LogP contribution in [0, 0.1) is 0 Å². The third kappa shape index (κ3) is 4.70. The number of carbonyl (C=O) groups excluding carboxylic acids is 2. The van der Waals surface area contributed by atoms with Gasteiger partial charge in [0, 0.05) is 0 Å². The largest absolute Gasteiger partial charge is 0.480 e. The number of primary amides is 1. The van der Waals surface area contributed by atoms with E-state index in [1.807, 2.05) is 18.2 Å². The molecule has 0 saturated heterocycles. The van der Waals surface area contributed by atoms with Crippen LogP contribution in [0.25, 0.3) is 22.7 Å². The second-order valence-electron chi connectivity index (χ2n) is 6.46. The van der Waals surface area contributed by atoms with Gasteiger partial charge in [0.1, 0.15) is 6.04 Å². The first-order chi connectivity index (χ1) is 14.2. The monoisotopic (exact) mass is 417 g/mol. The number of imidazole rings is 1. The molecule has 0 spiro atoms. The molecule has 13 nitrogen and oxygen atoms in total. The van der Waals surface area contributed by atoms with Crippen LogP contribution in [-0.2, 0) is 9.59 Å². The van der Waals surface area contributed by atoms with Crippen molar-refractivity contribution in [1.29, 1.82) is 0 Å². The summed E-state index contributed by atoms with van der Waals surface area (Å²) in [6.07, 6.45) is -1.74. The van der Waals surface area contributed by atoms with Crippen LogP contribution in [-0.4, -0.2) is 60.4 Å². The standard InChI is InChI=1S/C17H19N7O6/c1-7(25)12(16(27)28)22-17(29)21-10(6-11(18)26)15-23-14(24-30-15)13-19-8-4-2-3-5-9(8)20-13/h2-5,7,10,12,25H,6H2,1H3,(H2,18,26)(H,19,20)(H,27,28)(H2,21,22,29)/t7?,10-,12?/m0/s1. The molecule has 30 heavy (non-hydrogen) atoms. The van der Waals surface area contributed by atoms with Crippen molar-refractivity contribution in [3.63, 3.8) is 0 Å². The average molecular weight is 417 g/mol. The zero-order valence-electron chi connectivity index (χ0n) is 15.7. The van der Waals surface area contributed by atoms with Crippen LogP contribution in [0.15, 0.2) is 28.8 Å². The van der Waals surface area contributed by atoms with E-state index in [1.165, 1.54) is 6.92 Å². The van der Waals surface area contributed by atoms with E-state index in [-0.39, 0.29) is 18.1 Å². The number of aliphatic carboxylic acids is 1. The van der Waals surface area contributed by atoms with E-state index in [4.69, 9.17) is 15.4 Å². The summed E-state index contributed by atoms with van der Waals surface area (Å²) in [4.78, 5) is 46.2. The molecule has 0 aliphatic heterocycles. The van der Waals surface area contributed by atoms with Crippen LogP contribution in [0.4, 0.5) is 4.79 Å². The van der Waals surface area contributed by atoms with Gasteiger partial charge in [0.2, 0.25) is 17.6 Å². The van der Waals surface area contributed by atoms with E-state index in [0.29, 0.717) is 11.3 Å². The number of aliphatic hydroxyl groups excluding tert-OH is 1. The molecule has 3 amide bonds. The van der Waals surface area contributed by atoms with Crippen molar-refractivity contribution in [3.05, 3.63) is 30.2 Å². The molecule has 3 atom stereocenters. The maximum atomic E-state index is 12.2. The quantitative estimate of drug-likeness (QED) is 0.283. The van der Waals surface area contributed by atoms with Gasteiger partial charge in [0.15, 0.2) is 11.9 Å². The molecule has 3 aromatic rings. The number of nitrogens with two attached hydrogens (primary N) is 1. The molecule has 3 rings (SSSR count). The summed E-state index contributed by atoms with van der Waals surface area (Å²) in [5, 5.41) is 26.7. The number of nitrogens with zero attached hydrogens (tertiary/aromatic N) is 3. The highest BCUT2D eigenvalue weighted by Crippen LogP contribution is 2.21. The first-order valence-electron chi connectivity index (χ1n) is 8.79. The number of fused-ring (bicyclic) bond motifs is 1. The minimum absolute atomic E-state index is 0.0882. The molecule has 1 aromatic carbocycles. The highest BCUT2D eigenvalue weighted by Gasteiger charge is 2.29. The van der Waals surface area contributed by atoms with Gasteiger partial charge in [-0.1, -0.05) is 17.3 Å². The van der Waals surface area contributed by atoms with Crippen molar-refractivity contribution < 1.29 is 29.1 Å². The number of aliphatic hydroxyl groups is 1. The molecule has 2 aromatic heterocycles. The second-order valence-corrected chi connectivity index (χ2v) is 6.46. The number of carboxylic acid groups (broad SMARTS) is 1. The van der Waals surface area contributed by atoms with Gasteiger partial charge in [-0.3, -0.25) is 4.79 Å². The predicted octanol–water partition coefficient (Wildman–Crippen LogP) is -0.337. The van der Waals surface area contributed by atoms with Gasteiger partial charge in [-0.2, -0.15) is 4.98 Å². The Morgan fingerprint density at radius 1 is 1.23 bits per heavy atom. The third-order valence-corrected chi connectivity index (χ3v) is 4.09. The predicted molar refractivity (Wildman–Crippen MR) is 101 cm³/mol. The summed E-state index contributed by atoms with van der Waals surface area (Å²) in [7, 11) is 0. The fraction of sp³-hybridized carbons (Fsp3) is 0.294. The van der Waals surface area contributed by atoms with E-state index in [2.05, 4.69) is 30.7 Å². The number of carboxylic acids is 1. The molecular formula is C17H19N7O6. The zero-order valence-corrected chi connectivity index (χ0v) is 15.7. The number of carbonyl (C=O) groups is 3. The minimum atomic E-state index is -1.56. The first kappa shape index (κ1) is 20.7. The van der Waals surface area contributed by atoms with Crippen molar-refractivity contribution in [2.24, 2.45) is 5.73 Å². The highest BCUT2D eigenvalue weighted by atomic mass is 16.5. The Morgan fingerprint density at radius 2 is 1.97 bits per heavy atom. The van der Waals surface area contributed by atoms with Crippen molar-refractivity contribution in [3.8, 4) is 11.6 Å².